The quantitative estimate of drug-likeness (QED) is 0.442. The molecule has 0 aliphatic carbocycles. The molecule has 1 saturated heterocycles. The molecular formula is C13H25BrMgO2. The van der Waals surface area contributed by atoms with Gasteiger partial charge in [-0.25, -0.2) is 0 Å². The molecule has 98 valence electrons. The van der Waals surface area contributed by atoms with Crippen LogP contribution in [-0.4, -0.2) is 37.7 Å². The number of hydrogen-bond acceptors (Lipinski definition) is 2. The van der Waals surface area contributed by atoms with E-state index in [0.29, 0.717) is 0 Å². The van der Waals surface area contributed by atoms with E-state index < -0.39 is 0 Å². The summed E-state index contributed by atoms with van der Waals surface area (Å²) in [5.74, 6) is 0. The van der Waals surface area contributed by atoms with Gasteiger partial charge in [0.1, 0.15) is 0 Å². The molecule has 0 aromatic heterocycles. The van der Waals surface area contributed by atoms with E-state index in [9.17, 15) is 0 Å². The van der Waals surface area contributed by atoms with Crippen LogP contribution in [0.15, 0.2) is 0 Å². The van der Waals surface area contributed by atoms with E-state index in [-0.39, 0.29) is 24.5 Å². The fourth-order valence-electron chi connectivity index (χ4n) is 2.14. The Morgan fingerprint density at radius 1 is 1.06 bits per heavy atom. The van der Waals surface area contributed by atoms with Gasteiger partial charge < -0.3 is 22.4 Å². The van der Waals surface area contributed by atoms with E-state index in [2.05, 4.69) is 12.9 Å². The molecule has 1 aliphatic rings. The van der Waals surface area contributed by atoms with Crippen LogP contribution in [-0.2, 0) is 9.47 Å². The first-order valence-corrected chi connectivity index (χ1v) is 12.1. The highest BCUT2D eigenvalue weighted by molar-refractivity contribution is 9.23. The molecule has 17 heavy (non-hydrogen) atoms. The van der Waals surface area contributed by atoms with Crippen LogP contribution >= 0.6 is 12.9 Å². The third-order valence-corrected chi connectivity index (χ3v) is 5.67. The van der Waals surface area contributed by atoms with Crippen molar-refractivity contribution in [1.82, 2.24) is 0 Å². The molecule has 1 unspecified atom stereocenters. The van der Waals surface area contributed by atoms with Gasteiger partial charge in [-0.1, -0.05) is 32.1 Å². The summed E-state index contributed by atoms with van der Waals surface area (Å²) in [6.07, 6.45) is 11.8. The number of hydrogen-bond donors (Lipinski definition) is 0. The first-order valence-electron chi connectivity index (χ1n) is 7.22. The number of halogens is 1. The maximum absolute atomic E-state index is 5.71. The van der Waals surface area contributed by atoms with Gasteiger partial charge >= 0.3 is 18.2 Å². The Morgan fingerprint density at radius 2 is 1.82 bits per heavy atom. The Morgan fingerprint density at radius 3 is 2.53 bits per heavy atom. The van der Waals surface area contributed by atoms with Crippen LogP contribution in [0, 0.1) is 0 Å². The van der Waals surface area contributed by atoms with E-state index in [0.717, 1.165) is 19.6 Å². The van der Waals surface area contributed by atoms with Gasteiger partial charge in [0, 0.05) is 13.2 Å². The van der Waals surface area contributed by atoms with Gasteiger partial charge in [0.15, 0.2) is 6.29 Å². The van der Waals surface area contributed by atoms with Crippen molar-refractivity contribution in [2.75, 3.05) is 13.2 Å². The number of unbranched alkanes of at least 4 members (excludes halogenated alkanes) is 5. The Bertz CT molecular complexity index is 163. The van der Waals surface area contributed by atoms with Crippen molar-refractivity contribution in [3.63, 3.8) is 0 Å². The zero-order valence-electron chi connectivity index (χ0n) is 11.0. The summed E-state index contributed by atoms with van der Waals surface area (Å²) in [6.45, 7) is 1.78. The van der Waals surface area contributed by atoms with Crippen LogP contribution in [0.5, 0.6) is 0 Å². The predicted octanol–water partition coefficient (Wildman–Crippen LogP) is 4.30. The maximum Gasteiger partial charge on any atom is 0.468 e. The maximum atomic E-state index is 5.71. The first-order chi connectivity index (χ1) is 8.43. The summed E-state index contributed by atoms with van der Waals surface area (Å²) in [5.41, 5.74) is 0. The molecule has 0 radical (unpaired) electrons. The van der Waals surface area contributed by atoms with Gasteiger partial charge in [-0.05, 0) is 25.7 Å². The first kappa shape index (κ1) is 16.2. The van der Waals surface area contributed by atoms with E-state index in [1.54, 1.807) is 0 Å². The van der Waals surface area contributed by atoms with E-state index >= 15 is 0 Å². The lowest BCUT2D eigenvalue weighted by Crippen LogP contribution is -2.22. The highest BCUT2D eigenvalue weighted by Gasteiger charge is 2.13. The number of rotatable bonds is 10. The van der Waals surface area contributed by atoms with Gasteiger partial charge in [0.05, 0.1) is 0 Å². The molecule has 2 nitrogen and oxygen atoms in total. The Hall–Kier alpha value is 1.17. The second kappa shape index (κ2) is 12.2. The van der Waals surface area contributed by atoms with Gasteiger partial charge in [-0.2, -0.15) is 0 Å². The van der Waals surface area contributed by atoms with Crippen molar-refractivity contribution in [3.05, 3.63) is 0 Å². The van der Waals surface area contributed by atoms with Gasteiger partial charge in [-0.15, -0.1) is 4.55 Å². The van der Waals surface area contributed by atoms with Crippen LogP contribution in [0.2, 0.25) is 4.55 Å². The summed E-state index contributed by atoms with van der Waals surface area (Å²) in [7, 11) is 0. The second-order valence-corrected chi connectivity index (χ2v) is 8.29. The Balaban J connectivity index is 1.75. The van der Waals surface area contributed by atoms with Crippen molar-refractivity contribution in [2.45, 2.75) is 68.6 Å². The fraction of sp³-hybridized carbons (Fsp3) is 1.00. The molecule has 0 bridgehead atoms. The largest absolute Gasteiger partial charge is 0.468 e. The average Bonchev–Trinajstić information content (AvgIpc) is 2.38. The third kappa shape index (κ3) is 9.71. The lowest BCUT2D eigenvalue weighted by atomic mass is 10.1. The summed E-state index contributed by atoms with van der Waals surface area (Å²) in [4.78, 5) is 0. The van der Waals surface area contributed by atoms with Crippen molar-refractivity contribution in [3.8, 4) is 0 Å². The lowest BCUT2D eigenvalue weighted by Gasteiger charge is -2.22. The molecule has 4 heteroatoms. The van der Waals surface area contributed by atoms with Crippen LogP contribution in [0.25, 0.3) is 0 Å². The topological polar surface area (TPSA) is 18.5 Å². The smallest absolute Gasteiger partial charge is 0.353 e. The monoisotopic (exact) mass is 316 g/mol. The molecule has 0 saturated carbocycles. The molecule has 0 spiro atoms. The van der Waals surface area contributed by atoms with E-state index in [1.807, 2.05) is 0 Å². The zero-order valence-corrected chi connectivity index (χ0v) is 14.0. The SMILES string of the molecule is [Br][Mg][CH2]CCCCCCCOC1CCCCO1. The standard InChI is InChI=1S/C13H25O2.BrH.Mg/c1-2-3-4-5-6-8-11-14-13-10-7-9-12-15-13;;/h13H,1-12H2;1H;/q;;+1/p-1. The summed E-state index contributed by atoms with van der Waals surface area (Å²) in [5, 5.41) is 0. The molecule has 0 amide bonds. The minimum atomic E-state index is 0.104. The Labute approximate surface area is 122 Å². The zero-order chi connectivity index (χ0) is 12.2. The normalized spacial score (nSPS) is 20.2. The van der Waals surface area contributed by atoms with Gasteiger partial charge in [0.2, 0.25) is 0 Å². The van der Waals surface area contributed by atoms with Crippen LogP contribution in [0.1, 0.15) is 57.8 Å². The van der Waals surface area contributed by atoms with Crippen molar-refractivity contribution in [1.29, 1.82) is 0 Å². The van der Waals surface area contributed by atoms with E-state index in [4.69, 9.17) is 9.47 Å². The minimum Gasteiger partial charge on any atom is -0.353 e. The van der Waals surface area contributed by atoms with Gasteiger partial charge in [-0.3, -0.25) is 0 Å². The summed E-state index contributed by atoms with van der Waals surface area (Å²) >= 11 is 3.73. The summed E-state index contributed by atoms with van der Waals surface area (Å²) in [6, 6.07) is 0. The van der Waals surface area contributed by atoms with Crippen LogP contribution in [0.4, 0.5) is 0 Å². The van der Waals surface area contributed by atoms with Crippen LogP contribution < -0.4 is 0 Å². The molecule has 1 atom stereocenters. The highest BCUT2D eigenvalue weighted by atomic mass is 79.9. The lowest BCUT2D eigenvalue weighted by molar-refractivity contribution is -0.162. The predicted molar refractivity (Wildman–Crippen MR) is 76.7 cm³/mol. The number of ether oxygens (including phenoxy) is 2. The highest BCUT2D eigenvalue weighted by Crippen LogP contribution is 2.14. The molecule has 1 rings (SSSR count). The van der Waals surface area contributed by atoms with E-state index in [1.165, 1.54) is 55.9 Å². The second-order valence-electron chi connectivity index (χ2n) is 4.83. The fourth-order valence-corrected chi connectivity index (χ4v) is 3.87. The molecule has 0 aromatic carbocycles. The molecular weight excluding hydrogens is 292 g/mol. The molecule has 1 heterocycles. The Kier molecular flexibility index (Phi) is 11.7. The molecule has 1 fully saturated rings. The van der Waals surface area contributed by atoms with Crippen molar-refractivity contribution < 1.29 is 9.47 Å². The third-order valence-electron chi connectivity index (χ3n) is 3.22. The average molecular weight is 318 g/mol. The molecule has 0 aromatic rings. The molecule has 1 aliphatic heterocycles. The van der Waals surface area contributed by atoms with Crippen LogP contribution in [0.3, 0.4) is 0 Å². The molecule has 0 N–H and O–H groups in total. The van der Waals surface area contributed by atoms with Crippen molar-refractivity contribution >= 4 is 31.1 Å². The minimum absolute atomic E-state index is 0.104. The van der Waals surface area contributed by atoms with Crippen molar-refractivity contribution in [2.24, 2.45) is 0 Å². The summed E-state index contributed by atoms with van der Waals surface area (Å²) < 4.78 is 12.7. The van der Waals surface area contributed by atoms with Gasteiger partial charge in [0.25, 0.3) is 0 Å².